The van der Waals surface area contributed by atoms with Crippen LogP contribution < -0.4 is 14.8 Å². The number of ether oxygens (including phenoxy) is 3. The number of fused-ring (bicyclic) bond motifs is 7. The Morgan fingerprint density at radius 1 is 1.09 bits per heavy atom. The minimum Gasteiger partial charge on any atom is -0.497 e. The minimum atomic E-state index is -3.41. The molecular weight excluding hydrogens is 602 g/mol. The Bertz CT molecular complexity index is 1530. The van der Waals surface area contributed by atoms with Gasteiger partial charge in [0.1, 0.15) is 30.0 Å². The van der Waals surface area contributed by atoms with Crippen LogP contribution in [-0.2, 0) is 20.2 Å². The average molecular weight is 645 g/mol. The number of nitrogens with zero attached hydrogens (tertiary/aromatic N) is 3. The van der Waals surface area contributed by atoms with Crippen LogP contribution in [0.3, 0.4) is 0 Å². The number of carbonyl (C=O) groups is 3. The highest BCUT2D eigenvalue weighted by Gasteiger charge is 2.55. The van der Waals surface area contributed by atoms with E-state index >= 15 is 8.78 Å². The fraction of sp³-hybridized carbons (Fsp3) is 0.667. The van der Waals surface area contributed by atoms with Crippen molar-refractivity contribution < 1.29 is 42.5 Å². The molecule has 2 aromatic rings. The van der Waals surface area contributed by atoms with E-state index in [1.165, 1.54) is 7.11 Å². The molecule has 250 valence electrons. The maximum Gasteiger partial charge on any atom is 0.408 e. The summed E-state index contributed by atoms with van der Waals surface area (Å²) in [7, 11) is 1.47. The standard InChI is InChI=1S/C33H42F2N4O7/c1-16-24-15-39(25(16)30(41)42)29(40)27(32(2,3)4)38-31(43)46-23-13-17-12-20(17)19(23)8-6-7-11-33(34,35)26-28(45-24)37-22-14-18(44-5)9-10-21(22)36-26/h9-10,14,16-17,19-20,23-25,27H,6-8,11-13,15H2,1-5H3,(H,38,43)(H,41,42)/t16-,17?,19-,20+,23-,24+,25+,27-/m1/s1. The van der Waals surface area contributed by atoms with E-state index in [1.807, 2.05) is 0 Å². The number of alkyl halides is 2. The van der Waals surface area contributed by atoms with Gasteiger partial charge in [-0.25, -0.2) is 19.6 Å². The van der Waals surface area contributed by atoms with E-state index in [4.69, 9.17) is 14.2 Å². The van der Waals surface area contributed by atoms with E-state index in [0.717, 1.165) is 11.3 Å². The molecule has 13 heteroatoms. The Labute approximate surface area is 266 Å². The quantitative estimate of drug-likeness (QED) is 0.454. The minimum absolute atomic E-state index is 0.0537. The predicted octanol–water partition coefficient (Wildman–Crippen LogP) is 5.15. The summed E-state index contributed by atoms with van der Waals surface area (Å²) < 4.78 is 49.4. The fourth-order valence-electron chi connectivity index (χ4n) is 7.60. The van der Waals surface area contributed by atoms with Crippen LogP contribution in [0.15, 0.2) is 18.2 Å². The number of aliphatic carboxylic acids is 1. The van der Waals surface area contributed by atoms with Crippen LogP contribution >= 0.6 is 0 Å². The Balaban J connectivity index is 1.41. The lowest BCUT2D eigenvalue weighted by molar-refractivity contribution is -0.151. The van der Waals surface area contributed by atoms with Crippen molar-refractivity contribution in [3.63, 3.8) is 0 Å². The molecule has 1 aromatic heterocycles. The lowest BCUT2D eigenvalue weighted by Gasteiger charge is -2.35. The number of carbonyl (C=O) groups excluding carboxylic acids is 2. The van der Waals surface area contributed by atoms with Gasteiger partial charge in [-0.15, -0.1) is 0 Å². The van der Waals surface area contributed by atoms with Crippen molar-refractivity contribution >= 4 is 29.0 Å². The zero-order valence-electron chi connectivity index (χ0n) is 26.8. The molecule has 3 heterocycles. The van der Waals surface area contributed by atoms with Crippen molar-refractivity contribution in [2.75, 3.05) is 13.7 Å². The summed E-state index contributed by atoms with van der Waals surface area (Å²) in [6.45, 7) is 6.68. The number of nitrogens with one attached hydrogen (secondary N) is 1. The van der Waals surface area contributed by atoms with Gasteiger partial charge in [0, 0.05) is 18.4 Å². The van der Waals surface area contributed by atoms with Gasteiger partial charge >= 0.3 is 12.1 Å². The summed E-state index contributed by atoms with van der Waals surface area (Å²) in [6.07, 6.45) is 0.481. The smallest absolute Gasteiger partial charge is 0.408 e. The van der Waals surface area contributed by atoms with Gasteiger partial charge in [-0.1, -0.05) is 34.1 Å². The highest BCUT2D eigenvalue weighted by molar-refractivity contribution is 5.90. The third kappa shape index (κ3) is 6.04. The molecule has 0 radical (unpaired) electrons. The molecule has 3 fully saturated rings. The molecule has 11 nitrogen and oxygen atoms in total. The number of hydrogen-bond donors (Lipinski definition) is 2. The van der Waals surface area contributed by atoms with Crippen molar-refractivity contribution in [2.24, 2.45) is 29.1 Å². The largest absolute Gasteiger partial charge is 0.497 e. The van der Waals surface area contributed by atoms with Crippen molar-refractivity contribution in [3.05, 3.63) is 23.9 Å². The second kappa shape index (κ2) is 11.8. The molecule has 46 heavy (non-hydrogen) atoms. The number of aromatic nitrogens is 2. The van der Waals surface area contributed by atoms with Crippen molar-refractivity contribution in [1.29, 1.82) is 0 Å². The van der Waals surface area contributed by atoms with Gasteiger partial charge in [-0.05, 0) is 61.0 Å². The van der Waals surface area contributed by atoms with E-state index in [-0.39, 0.29) is 36.0 Å². The summed E-state index contributed by atoms with van der Waals surface area (Å²) in [6, 6.07) is 2.26. The molecule has 2 N–H and O–H groups in total. The van der Waals surface area contributed by atoms with E-state index < -0.39 is 71.4 Å². The highest BCUT2D eigenvalue weighted by atomic mass is 19.3. The van der Waals surface area contributed by atoms with Gasteiger partial charge in [0.2, 0.25) is 11.8 Å². The molecular formula is C33H42F2N4O7. The normalized spacial score (nSPS) is 33.0. The van der Waals surface area contributed by atoms with E-state index in [0.29, 0.717) is 36.8 Å². The van der Waals surface area contributed by atoms with Gasteiger partial charge in [0.25, 0.3) is 5.92 Å². The SMILES string of the molecule is COc1ccc2nc3c(nc2c1)O[C@H]1CN(C(=O)[C@H](C(C)(C)C)NC(=O)O[C@@H]2CC4C[C@@H]4[C@H]2CCCCC3(F)F)[C@H](C(=O)O)[C@@H]1C. The molecule has 4 aliphatic rings. The number of halogens is 2. The topological polar surface area (TPSA) is 140 Å². The van der Waals surface area contributed by atoms with E-state index in [1.54, 1.807) is 45.9 Å². The summed E-state index contributed by atoms with van der Waals surface area (Å²) in [5.74, 6) is -5.18. The molecule has 8 atom stereocenters. The maximum atomic E-state index is 16.1. The summed E-state index contributed by atoms with van der Waals surface area (Å²) >= 11 is 0. The number of carboxylic acids is 1. The van der Waals surface area contributed by atoms with Crippen molar-refractivity contribution in [1.82, 2.24) is 20.2 Å². The van der Waals surface area contributed by atoms with Crippen LogP contribution in [-0.4, -0.2) is 75.9 Å². The van der Waals surface area contributed by atoms with Crippen LogP contribution in [0.2, 0.25) is 0 Å². The molecule has 2 bridgehead atoms. The van der Waals surface area contributed by atoms with E-state index in [9.17, 15) is 19.5 Å². The molecule has 1 unspecified atom stereocenters. The van der Waals surface area contributed by atoms with Gasteiger partial charge < -0.3 is 29.5 Å². The highest BCUT2D eigenvalue weighted by Crippen LogP contribution is 2.58. The maximum absolute atomic E-state index is 16.1. The van der Waals surface area contributed by atoms with Crippen LogP contribution in [0.1, 0.15) is 71.9 Å². The monoisotopic (exact) mass is 644 g/mol. The molecule has 2 aliphatic heterocycles. The van der Waals surface area contributed by atoms with Gasteiger partial charge in [-0.2, -0.15) is 8.78 Å². The zero-order chi connectivity index (χ0) is 33.1. The second-order valence-electron chi connectivity index (χ2n) is 14.4. The third-order valence-electron chi connectivity index (χ3n) is 10.2. The number of rotatable bonds is 2. The van der Waals surface area contributed by atoms with Gasteiger partial charge in [0.05, 0.1) is 24.7 Å². The first-order valence-electron chi connectivity index (χ1n) is 16.1. The molecule has 1 aromatic carbocycles. The van der Waals surface area contributed by atoms with E-state index in [2.05, 4.69) is 15.3 Å². The third-order valence-corrected chi connectivity index (χ3v) is 10.2. The lowest BCUT2D eigenvalue weighted by Crippen LogP contribution is -2.57. The number of hydrogen-bond acceptors (Lipinski definition) is 8. The number of carboxylic acid groups (broad SMARTS) is 1. The zero-order valence-corrected chi connectivity index (χ0v) is 26.8. The molecule has 2 aliphatic carbocycles. The molecule has 0 spiro atoms. The van der Waals surface area contributed by atoms with Crippen LogP contribution in [0.5, 0.6) is 11.6 Å². The van der Waals surface area contributed by atoms with Crippen LogP contribution in [0, 0.1) is 29.1 Å². The Hall–Kier alpha value is -3.77. The molecule has 6 rings (SSSR count). The van der Waals surface area contributed by atoms with Gasteiger partial charge in [0.15, 0.2) is 5.69 Å². The van der Waals surface area contributed by atoms with Crippen LogP contribution in [0.4, 0.5) is 13.6 Å². The second-order valence-corrected chi connectivity index (χ2v) is 14.4. The van der Waals surface area contributed by atoms with Gasteiger partial charge in [-0.3, -0.25) is 4.79 Å². The fourth-order valence-corrected chi connectivity index (χ4v) is 7.60. The number of amides is 2. The summed E-state index contributed by atoms with van der Waals surface area (Å²) in [5.41, 5.74) is -0.929. The van der Waals surface area contributed by atoms with Crippen molar-refractivity contribution in [2.45, 2.75) is 96.4 Å². The number of alkyl carbamates (subject to hydrolysis) is 1. The lowest BCUT2D eigenvalue weighted by atomic mass is 9.85. The number of benzene rings is 1. The summed E-state index contributed by atoms with van der Waals surface area (Å²) in [5, 5.41) is 13.0. The first-order chi connectivity index (χ1) is 21.7. The molecule has 2 saturated carbocycles. The molecule has 1 saturated heterocycles. The van der Waals surface area contributed by atoms with Crippen LogP contribution in [0.25, 0.3) is 11.0 Å². The first kappa shape index (κ1) is 32.2. The summed E-state index contributed by atoms with van der Waals surface area (Å²) in [4.78, 5) is 49.8. The Kier molecular flexibility index (Phi) is 8.25. The molecule has 2 amide bonds. The Morgan fingerprint density at radius 2 is 1.85 bits per heavy atom. The predicted molar refractivity (Wildman–Crippen MR) is 162 cm³/mol. The average Bonchev–Trinajstić information content (AvgIpc) is 3.55. The first-order valence-corrected chi connectivity index (χ1v) is 16.1. The van der Waals surface area contributed by atoms with Crippen molar-refractivity contribution in [3.8, 4) is 11.6 Å². The number of methoxy groups -OCH3 is 1. The Morgan fingerprint density at radius 3 is 2.54 bits per heavy atom.